The molecule has 2 atom stereocenters. The van der Waals surface area contributed by atoms with E-state index in [0.717, 1.165) is 18.2 Å². The highest BCUT2D eigenvalue weighted by Gasteiger charge is 2.37. The van der Waals surface area contributed by atoms with Gasteiger partial charge in [0.1, 0.15) is 17.3 Å². The fourth-order valence-corrected chi connectivity index (χ4v) is 2.75. The van der Waals surface area contributed by atoms with Gasteiger partial charge in [-0.05, 0) is 31.5 Å². The number of hydrogen-bond donors (Lipinski definition) is 1. The minimum atomic E-state index is -0.801. The van der Waals surface area contributed by atoms with E-state index >= 15 is 0 Å². The largest absolute Gasteiger partial charge is 0.391 e. The van der Waals surface area contributed by atoms with Gasteiger partial charge in [-0.3, -0.25) is 9.78 Å². The number of aryl methyl sites for hydroxylation is 1. The van der Waals surface area contributed by atoms with Crippen LogP contribution in [0.15, 0.2) is 30.6 Å². The molecule has 0 radical (unpaired) electrons. The molecule has 1 aromatic carbocycles. The second kappa shape index (κ2) is 6.00. The van der Waals surface area contributed by atoms with E-state index in [-0.39, 0.29) is 24.2 Å². The van der Waals surface area contributed by atoms with Gasteiger partial charge >= 0.3 is 0 Å². The van der Waals surface area contributed by atoms with Crippen LogP contribution in [0.2, 0.25) is 0 Å². The van der Waals surface area contributed by atoms with E-state index in [9.17, 15) is 18.7 Å². The maximum Gasteiger partial charge on any atom is 0.274 e. The number of hydrogen-bond acceptors (Lipinski definition) is 4. The molecule has 1 aliphatic rings. The van der Waals surface area contributed by atoms with Crippen LogP contribution in [0, 0.1) is 18.6 Å². The Labute approximate surface area is 131 Å². The van der Waals surface area contributed by atoms with Crippen LogP contribution in [-0.2, 0) is 0 Å². The number of nitrogens with zero attached hydrogens (tertiary/aromatic N) is 3. The van der Waals surface area contributed by atoms with Crippen molar-refractivity contribution in [3.8, 4) is 0 Å². The quantitative estimate of drug-likeness (QED) is 0.919. The van der Waals surface area contributed by atoms with Gasteiger partial charge in [-0.15, -0.1) is 0 Å². The Kier molecular flexibility index (Phi) is 4.04. The summed E-state index contributed by atoms with van der Waals surface area (Å²) in [5, 5.41) is 9.89. The van der Waals surface area contributed by atoms with Gasteiger partial charge in [0.15, 0.2) is 0 Å². The Bertz CT molecular complexity index is 737. The van der Waals surface area contributed by atoms with Crippen LogP contribution < -0.4 is 0 Å². The Morgan fingerprint density at radius 1 is 1.30 bits per heavy atom. The maximum atomic E-state index is 14.0. The van der Waals surface area contributed by atoms with Crippen LogP contribution in [-0.4, -0.2) is 38.5 Å². The molecule has 1 saturated heterocycles. The van der Waals surface area contributed by atoms with Crippen molar-refractivity contribution < 1.29 is 18.7 Å². The SMILES string of the molecule is Cc1cnc(C(=O)N2C[C@H](O)C[C@@H]2c2cc(F)ccc2F)cn1. The topological polar surface area (TPSA) is 66.3 Å². The molecule has 0 saturated carbocycles. The minimum Gasteiger partial charge on any atom is -0.391 e. The van der Waals surface area contributed by atoms with E-state index in [1.807, 2.05) is 0 Å². The lowest BCUT2D eigenvalue weighted by molar-refractivity contribution is 0.0707. The van der Waals surface area contributed by atoms with E-state index in [2.05, 4.69) is 9.97 Å². The van der Waals surface area contributed by atoms with Crippen molar-refractivity contribution in [2.45, 2.75) is 25.5 Å². The summed E-state index contributed by atoms with van der Waals surface area (Å²) in [7, 11) is 0. The molecule has 2 heterocycles. The number of benzene rings is 1. The number of likely N-dealkylation sites (tertiary alicyclic amines) is 1. The molecule has 0 aliphatic carbocycles. The van der Waals surface area contributed by atoms with Gasteiger partial charge < -0.3 is 10.0 Å². The normalized spacial score (nSPS) is 20.8. The Hall–Kier alpha value is -2.41. The summed E-state index contributed by atoms with van der Waals surface area (Å²) in [6, 6.07) is 2.35. The number of aliphatic hydroxyl groups is 1. The van der Waals surface area contributed by atoms with E-state index < -0.39 is 29.7 Å². The zero-order valence-electron chi connectivity index (χ0n) is 12.4. The summed E-state index contributed by atoms with van der Waals surface area (Å²) in [4.78, 5) is 21.9. The number of carbonyl (C=O) groups excluding carboxylic acids is 1. The van der Waals surface area contributed by atoms with Crippen LogP contribution in [0.4, 0.5) is 8.78 Å². The van der Waals surface area contributed by atoms with Crippen LogP contribution in [0.1, 0.15) is 34.2 Å². The van der Waals surface area contributed by atoms with E-state index in [1.165, 1.54) is 17.3 Å². The van der Waals surface area contributed by atoms with Crippen molar-refractivity contribution in [2.75, 3.05) is 6.54 Å². The van der Waals surface area contributed by atoms with Crippen molar-refractivity contribution in [1.29, 1.82) is 0 Å². The third kappa shape index (κ3) is 3.05. The van der Waals surface area contributed by atoms with Gasteiger partial charge in [-0.25, -0.2) is 13.8 Å². The third-order valence-electron chi connectivity index (χ3n) is 3.86. The molecule has 1 fully saturated rings. The highest BCUT2D eigenvalue weighted by molar-refractivity contribution is 5.92. The summed E-state index contributed by atoms with van der Waals surface area (Å²) in [6.45, 7) is 1.78. The smallest absolute Gasteiger partial charge is 0.274 e. The first-order valence-electron chi connectivity index (χ1n) is 7.18. The van der Waals surface area contributed by atoms with Crippen molar-refractivity contribution in [1.82, 2.24) is 14.9 Å². The molecular formula is C16H15F2N3O2. The lowest BCUT2D eigenvalue weighted by atomic mass is 10.0. The number of aliphatic hydroxyl groups excluding tert-OH is 1. The molecule has 7 heteroatoms. The molecule has 3 rings (SSSR count). The van der Waals surface area contributed by atoms with E-state index in [1.54, 1.807) is 6.92 Å². The summed E-state index contributed by atoms with van der Waals surface area (Å²) in [6.07, 6.45) is 2.13. The van der Waals surface area contributed by atoms with Crippen LogP contribution >= 0.6 is 0 Å². The van der Waals surface area contributed by atoms with Gasteiger partial charge in [0.05, 0.1) is 24.0 Å². The van der Waals surface area contributed by atoms with E-state index in [0.29, 0.717) is 5.69 Å². The molecule has 0 unspecified atom stereocenters. The van der Waals surface area contributed by atoms with Crippen LogP contribution in [0.5, 0.6) is 0 Å². The average Bonchev–Trinajstić information content (AvgIpc) is 2.91. The standard InChI is InChI=1S/C16H15F2N3O2/c1-9-6-20-14(7-19-9)16(23)21-8-11(22)5-15(21)12-4-10(17)2-3-13(12)18/h2-4,6-7,11,15,22H,5,8H2,1H3/t11-,15-/m1/s1. The van der Waals surface area contributed by atoms with E-state index in [4.69, 9.17) is 0 Å². The summed E-state index contributed by atoms with van der Waals surface area (Å²) in [5.41, 5.74) is 0.817. The number of halogens is 2. The molecule has 1 aliphatic heterocycles. The zero-order chi connectivity index (χ0) is 16.6. The maximum absolute atomic E-state index is 14.0. The fraction of sp³-hybridized carbons (Fsp3) is 0.312. The number of rotatable bonds is 2. The molecule has 120 valence electrons. The molecule has 5 nitrogen and oxygen atoms in total. The monoisotopic (exact) mass is 319 g/mol. The number of amides is 1. The van der Waals surface area contributed by atoms with Crippen molar-refractivity contribution in [2.24, 2.45) is 0 Å². The highest BCUT2D eigenvalue weighted by Crippen LogP contribution is 2.34. The lowest BCUT2D eigenvalue weighted by Crippen LogP contribution is -2.32. The number of aromatic nitrogens is 2. The van der Waals surface area contributed by atoms with Gasteiger partial charge in [0, 0.05) is 18.3 Å². The Balaban J connectivity index is 1.95. The first kappa shape index (κ1) is 15.5. The second-order valence-electron chi connectivity index (χ2n) is 5.57. The van der Waals surface area contributed by atoms with Gasteiger partial charge in [-0.1, -0.05) is 0 Å². The van der Waals surface area contributed by atoms with Crippen LogP contribution in [0.3, 0.4) is 0 Å². The zero-order valence-corrected chi connectivity index (χ0v) is 12.4. The fourth-order valence-electron chi connectivity index (χ4n) is 2.75. The Morgan fingerprint density at radius 3 is 2.78 bits per heavy atom. The summed E-state index contributed by atoms with van der Waals surface area (Å²) in [5.74, 6) is -1.67. The lowest BCUT2D eigenvalue weighted by Gasteiger charge is -2.24. The minimum absolute atomic E-state index is 0.0367. The van der Waals surface area contributed by atoms with Crippen molar-refractivity contribution in [3.63, 3.8) is 0 Å². The summed E-state index contributed by atoms with van der Waals surface area (Å²) < 4.78 is 27.5. The molecular weight excluding hydrogens is 304 g/mol. The first-order chi connectivity index (χ1) is 11.0. The third-order valence-corrected chi connectivity index (χ3v) is 3.86. The van der Waals surface area contributed by atoms with Crippen molar-refractivity contribution >= 4 is 5.91 Å². The average molecular weight is 319 g/mol. The Morgan fingerprint density at radius 2 is 2.09 bits per heavy atom. The summed E-state index contributed by atoms with van der Waals surface area (Å²) >= 11 is 0. The highest BCUT2D eigenvalue weighted by atomic mass is 19.1. The molecule has 23 heavy (non-hydrogen) atoms. The molecule has 1 N–H and O–H groups in total. The number of β-amino-alcohol motifs (C(OH)–C–C–N with tert-alkyl or cyclic N) is 1. The first-order valence-corrected chi connectivity index (χ1v) is 7.18. The predicted octanol–water partition coefficient (Wildman–Crippen LogP) is 2.01. The predicted molar refractivity (Wildman–Crippen MR) is 77.5 cm³/mol. The molecule has 0 bridgehead atoms. The van der Waals surface area contributed by atoms with Crippen LogP contribution in [0.25, 0.3) is 0 Å². The second-order valence-corrected chi connectivity index (χ2v) is 5.57. The van der Waals surface area contributed by atoms with Gasteiger partial charge in [-0.2, -0.15) is 0 Å². The molecule has 2 aromatic rings. The molecule has 1 aromatic heterocycles. The number of carbonyl (C=O) groups is 1. The molecule has 0 spiro atoms. The van der Waals surface area contributed by atoms with Crippen molar-refractivity contribution in [3.05, 3.63) is 59.2 Å². The van der Waals surface area contributed by atoms with Gasteiger partial charge in [0.25, 0.3) is 5.91 Å². The molecule has 1 amide bonds. The van der Waals surface area contributed by atoms with Gasteiger partial charge in [0.2, 0.25) is 0 Å².